The van der Waals surface area contributed by atoms with Crippen LogP contribution in [0.1, 0.15) is 30.1 Å². The van der Waals surface area contributed by atoms with Gasteiger partial charge in [0.15, 0.2) is 0 Å². The van der Waals surface area contributed by atoms with E-state index >= 15 is 0 Å². The number of halogens is 1. The number of aryl methyl sites for hydroxylation is 2. The Morgan fingerprint density at radius 3 is 2.69 bits per heavy atom. The van der Waals surface area contributed by atoms with E-state index in [9.17, 15) is 8.42 Å². The van der Waals surface area contributed by atoms with Crippen molar-refractivity contribution < 1.29 is 8.42 Å². The van der Waals surface area contributed by atoms with Crippen LogP contribution in [0.25, 0.3) is 11.3 Å². The van der Waals surface area contributed by atoms with Crippen LogP contribution in [0.3, 0.4) is 0 Å². The van der Waals surface area contributed by atoms with Gasteiger partial charge in [-0.15, -0.1) is 0 Å². The third-order valence-corrected chi connectivity index (χ3v) is 7.48. The number of pyridine rings is 1. The maximum atomic E-state index is 13.2. The number of rotatable bonds is 4. The van der Waals surface area contributed by atoms with Crippen molar-refractivity contribution in [1.29, 1.82) is 0 Å². The summed E-state index contributed by atoms with van der Waals surface area (Å²) in [6.07, 6.45) is 3.28. The maximum absolute atomic E-state index is 13.2. The molecular weight excluding hydrogens is 408 g/mol. The molecule has 4 rings (SSSR count). The number of benzene rings is 1. The van der Waals surface area contributed by atoms with Gasteiger partial charge < -0.3 is 0 Å². The summed E-state index contributed by atoms with van der Waals surface area (Å²) in [4.78, 5) is 5.10. The van der Waals surface area contributed by atoms with Gasteiger partial charge in [0.05, 0.1) is 11.4 Å². The largest absolute Gasteiger partial charge is 0.274 e. The molecule has 1 aromatic carbocycles. The number of hydrogen-bond donors (Lipinski definition) is 0. The minimum absolute atomic E-state index is 0.0506. The van der Waals surface area contributed by atoms with Crippen molar-refractivity contribution in [2.45, 2.75) is 30.6 Å². The molecule has 1 saturated heterocycles. The quantitative estimate of drug-likeness (QED) is 0.627. The summed E-state index contributed by atoms with van der Waals surface area (Å²) in [5.74, 6) is 0.0506. The Kier molecular flexibility index (Phi) is 5.46. The average Bonchev–Trinajstić information content (AvgIpc) is 3.07. The number of sulfonamides is 1. The lowest BCUT2D eigenvalue weighted by molar-refractivity contribution is 0.312. The van der Waals surface area contributed by atoms with Crippen molar-refractivity contribution in [1.82, 2.24) is 19.1 Å². The van der Waals surface area contributed by atoms with Gasteiger partial charge in [-0.2, -0.15) is 9.40 Å². The molecule has 1 fully saturated rings. The molecule has 6 nitrogen and oxygen atoms in total. The first-order chi connectivity index (χ1) is 13.8. The fourth-order valence-corrected chi connectivity index (χ4v) is 5.77. The first-order valence-corrected chi connectivity index (χ1v) is 11.4. The van der Waals surface area contributed by atoms with E-state index in [1.807, 2.05) is 42.5 Å². The maximum Gasteiger partial charge on any atom is 0.246 e. The fraction of sp³-hybridized carbons (Fsp3) is 0.333. The SMILES string of the molecule is Cc1nn(C)cc1S(=O)(=O)N1CCCC(c2cccc(-c3cccc(Cl)c3)n2)C1. The van der Waals surface area contributed by atoms with Gasteiger partial charge >= 0.3 is 0 Å². The summed E-state index contributed by atoms with van der Waals surface area (Å²) in [6.45, 7) is 2.66. The Bertz CT molecular complexity index is 1140. The second-order valence-electron chi connectivity index (χ2n) is 7.41. The molecule has 3 heterocycles. The minimum atomic E-state index is -3.58. The Hall–Kier alpha value is -2.22. The van der Waals surface area contributed by atoms with E-state index in [0.717, 1.165) is 29.8 Å². The number of nitrogens with zero attached hydrogens (tertiary/aromatic N) is 4. The van der Waals surface area contributed by atoms with Crippen LogP contribution in [0.5, 0.6) is 0 Å². The molecule has 0 aliphatic carbocycles. The highest BCUT2D eigenvalue weighted by molar-refractivity contribution is 7.89. The number of hydrogen-bond acceptors (Lipinski definition) is 4. The Morgan fingerprint density at radius 1 is 1.17 bits per heavy atom. The van der Waals surface area contributed by atoms with Crippen molar-refractivity contribution in [3.8, 4) is 11.3 Å². The summed E-state index contributed by atoms with van der Waals surface area (Å²) < 4.78 is 29.4. The van der Waals surface area contributed by atoms with Gasteiger partial charge in [0, 0.05) is 48.5 Å². The molecule has 2 aromatic heterocycles. The average molecular weight is 431 g/mol. The van der Waals surface area contributed by atoms with Crippen molar-refractivity contribution in [2.75, 3.05) is 13.1 Å². The predicted octanol–water partition coefficient (Wildman–Crippen LogP) is 4.01. The summed E-state index contributed by atoms with van der Waals surface area (Å²) in [5.41, 5.74) is 3.22. The Morgan fingerprint density at radius 2 is 1.97 bits per heavy atom. The topological polar surface area (TPSA) is 68.1 Å². The normalized spacial score (nSPS) is 18.1. The monoisotopic (exact) mass is 430 g/mol. The Labute approximate surface area is 176 Å². The van der Waals surface area contributed by atoms with Gasteiger partial charge in [0.1, 0.15) is 4.90 Å². The van der Waals surface area contributed by atoms with Gasteiger partial charge in [-0.05, 0) is 44.0 Å². The van der Waals surface area contributed by atoms with E-state index in [-0.39, 0.29) is 10.8 Å². The first kappa shape index (κ1) is 20.1. The lowest BCUT2D eigenvalue weighted by Gasteiger charge is -2.31. The number of piperidine rings is 1. The van der Waals surface area contributed by atoms with E-state index in [1.54, 1.807) is 29.2 Å². The van der Waals surface area contributed by atoms with Gasteiger partial charge in [-0.25, -0.2) is 8.42 Å². The molecular formula is C21H23ClN4O2S. The molecule has 0 saturated carbocycles. The third-order valence-electron chi connectivity index (χ3n) is 5.28. The zero-order valence-corrected chi connectivity index (χ0v) is 18.0. The van der Waals surface area contributed by atoms with Crippen LogP contribution >= 0.6 is 11.6 Å². The summed E-state index contributed by atoms with van der Waals surface area (Å²) in [7, 11) is -1.84. The van der Waals surface area contributed by atoms with Crippen molar-refractivity contribution in [2.24, 2.45) is 7.05 Å². The summed E-state index contributed by atoms with van der Waals surface area (Å²) in [6, 6.07) is 13.5. The lowest BCUT2D eigenvalue weighted by Crippen LogP contribution is -2.39. The lowest BCUT2D eigenvalue weighted by atomic mass is 9.95. The van der Waals surface area contributed by atoms with E-state index in [1.165, 1.54) is 0 Å². The molecule has 1 unspecified atom stereocenters. The molecule has 0 spiro atoms. The van der Waals surface area contributed by atoms with Crippen LogP contribution < -0.4 is 0 Å². The molecule has 1 aliphatic rings. The highest BCUT2D eigenvalue weighted by Gasteiger charge is 2.33. The second kappa shape index (κ2) is 7.89. The van der Waals surface area contributed by atoms with Crippen LogP contribution in [-0.4, -0.2) is 40.6 Å². The van der Waals surface area contributed by atoms with Crippen molar-refractivity contribution in [3.63, 3.8) is 0 Å². The summed E-state index contributed by atoms with van der Waals surface area (Å²) in [5, 5.41) is 4.85. The highest BCUT2D eigenvalue weighted by Crippen LogP contribution is 2.31. The highest BCUT2D eigenvalue weighted by atomic mass is 35.5. The molecule has 0 radical (unpaired) electrons. The Balaban J connectivity index is 1.61. The molecule has 3 aromatic rings. The van der Waals surface area contributed by atoms with E-state index in [0.29, 0.717) is 23.8 Å². The van der Waals surface area contributed by atoms with E-state index < -0.39 is 10.0 Å². The van der Waals surface area contributed by atoms with Crippen molar-refractivity contribution in [3.05, 3.63) is 65.1 Å². The van der Waals surface area contributed by atoms with Gasteiger partial charge in [0.2, 0.25) is 10.0 Å². The van der Waals surface area contributed by atoms with Crippen LogP contribution in [-0.2, 0) is 17.1 Å². The zero-order valence-electron chi connectivity index (χ0n) is 16.4. The molecule has 29 heavy (non-hydrogen) atoms. The third kappa shape index (κ3) is 4.08. The number of aromatic nitrogens is 3. The van der Waals surface area contributed by atoms with Gasteiger partial charge in [0.25, 0.3) is 0 Å². The van der Waals surface area contributed by atoms with Crippen LogP contribution in [0.2, 0.25) is 5.02 Å². The van der Waals surface area contributed by atoms with Gasteiger partial charge in [-0.1, -0.05) is 29.8 Å². The zero-order chi connectivity index (χ0) is 20.6. The molecule has 152 valence electrons. The first-order valence-electron chi connectivity index (χ1n) is 9.58. The molecule has 0 N–H and O–H groups in total. The fourth-order valence-electron chi connectivity index (χ4n) is 3.86. The molecule has 1 atom stereocenters. The van der Waals surface area contributed by atoms with Crippen LogP contribution in [0.4, 0.5) is 0 Å². The standard InChI is InChI=1S/C21H23ClN4O2S/c1-15-21(14-25(2)24-15)29(27,28)26-11-5-7-17(13-26)20-10-4-9-19(23-20)16-6-3-8-18(22)12-16/h3-4,6,8-10,12,14,17H,5,7,11,13H2,1-2H3. The summed E-state index contributed by atoms with van der Waals surface area (Å²) >= 11 is 6.12. The molecule has 0 bridgehead atoms. The second-order valence-corrected chi connectivity index (χ2v) is 9.76. The molecule has 1 aliphatic heterocycles. The molecule has 8 heteroatoms. The van der Waals surface area contributed by atoms with Crippen LogP contribution in [0, 0.1) is 6.92 Å². The van der Waals surface area contributed by atoms with Crippen molar-refractivity contribution >= 4 is 21.6 Å². The minimum Gasteiger partial charge on any atom is -0.274 e. The van der Waals surface area contributed by atoms with E-state index in [2.05, 4.69) is 5.10 Å². The molecule has 0 amide bonds. The predicted molar refractivity (Wildman–Crippen MR) is 113 cm³/mol. The van der Waals surface area contributed by atoms with Gasteiger partial charge in [-0.3, -0.25) is 9.67 Å². The van der Waals surface area contributed by atoms with E-state index in [4.69, 9.17) is 16.6 Å². The van der Waals surface area contributed by atoms with Crippen LogP contribution in [0.15, 0.2) is 53.6 Å². The smallest absolute Gasteiger partial charge is 0.246 e.